The highest BCUT2D eigenvalue weighted by Crippen LogP contribution is 2.33. The Morgan fingerprint density at radius 3 is 2.63 bits per heavy atom. The topological polar surface area (TPSA) is 89.9 Å². The van der Waals surface area contributed by atoms with Gasteiger partial charge in [-0.15, -0.1) is 0 Å². The van der Waals surface area contributed by atoms with Gasteiger partial charge in [0.1, 0.15) is 0 Å². The molecule has 1 aliphatic heterocycles. The summed E-state index contributed by atoms with van der Waals surface area (Å²) in [5.74, 6) is 1.07. The number of pyridine rings is 1. The molecule has 0 atom stereocenters. The maximum Gasteiger partial charge on any atom is 0.261 e. The number of aryl methyl sites for hydroxylation is 3. The zero-order valence-electron chi connectivity index (χ0n) is 16.2. The number of carbonyl (C=O) groups is 1. The molecule has 1 aliphatic rings. The van der Waals surface area contributed by atoms with Gasteiger partial charge in [0, 0.05) is 50.2 Å². The quantitative estimate of drug-likeness (QED) is 0.692. The van der Waals surface area contributed by atoms with Gasteiger partial charge in [-0.25, -0.2) is 0 Å². The highest BCUT2D eigenvalue weighted by atomic mass is 16.5. The van der Waals surface area contributed by atoms with Crippen LogP contribution in [0.2, 0.25) is 0 Å². The number of fused-ring (bicyclic) bond motifs is 1. The maximum absolute atomic E-state index is 11.7. The van der Waals surface area contributed by atoms with Crippen molar-refractivity contribution in [3.63, 3.8) is 0 Å². The first-order valence-corrected chi connectivity index (χ1v) is 8.94. The fourth-order valence-electron chi connectivity index (χ4n) is 3.72. The van der Waals surface area contributed by atoms with Gasteiger partial charge in [0.2, 0.25) is 11.7 Å². The monoisotopic (exact) mass is 366 g/mol. The summed E-state index contributed by atoms with van der Waals surface area (Å²) >= 11 is 0. The van der Waals surface area contributed by atoms with E-state index >= 15 is 0 Å². The van der Waals surface area contributed by atoms with Gasteiger partial charge in [-0.05, 0) is 38.3 Å². The van der Waals surface area contributed by atoms with Crippen molar-refractivity contribution in [1.82, 2.24) is 29.8 Å². The van der Waals surface area contributed by atoms with Gasteiger partial charge >= 0.3 is 0 Å². The Morgan fingerprint density at radius 1 is 1.19 bits per heavy atom. The Kier molecular flexibility index (Phi) is 4.05. The molecule has 0 saturated carbocycles. The molecule has 0 bridgehead atoms. The summed E-state index contributed by atoms with van der Waals surface area (Å²) in [7, 11) is 1.89. The van der Waals surface area contributed by atoms with Crippen molar-refractivity contribution in [3.05, 3.63) is 34.4 Å². The molecule has 3 aromatic heterocycles. The third-order valence-corrected chi connectivity index (χ3v) is 5.28. The Labute approximate surface area is 157 Å². The van der Waals surface area contributed by atoms with E-state index in [-0.39, 0.29) is 5.91 Å². The van der Waals surface area contributed by atoms with Crippen LogP contribution < -0.4 is 0 Å². The van der Waals surface area contributed by atoms with Crippen LogP contribution in [-0.2, 0) is 24.8 Å². The zero-order chi connectivity index (χ0) is 19.3. The minimum atomic E-state index is 0.0761. The molecule has 0 saturated heterocycles. The van der Waals surface area contributed by atoms with Gasteiger partial charge in [-0.3, -0.25) is 14.5 Å². The second-order valence-electron chi connectivity index (χ2n) is 7.01. The highest BCUT2D eigenvalue weighted by Gasteiger charge is 2.26. The summed E-state index contributed by atoms with van der Waals surface area (Å²) in [6, 6.07) is 0. The van der Waals surface area contributed by atoms with Crippen molar-refractivity contribution in [1.29, 1.82) is 0 Å². The number of amides is 1. The minimum absolute atomic E-state index is 0.0761. The second kappa shape index (κ2) is 6.29. The van der Waals surface area contributed by atoms with Crippen molar-refractivity contribution >= 4 is 5.91 Å². The van der Waals surface area contributed by atoms with Crippen LogP contribution in [0.25, 0.3) is 22.8 Å². The molecule has 0 aromatic carbocycles. The predicted molar refractivity (Wildman–Crippen MR) is 98.7 cm³/mol. The largest absolute Gasteiger partial charge is 0.338 e. The van der Waals surface area contributed by atoms with E-state index in [4.69, 9.17) is 4.52 Å². The van der Waals surface area contributed by atoms with Crippen LogP contribution in [0.15, 0.2) is 10.7 Å². The molecular weight excluding hydrogens is 344 g/mol. The van der Waals surface area contributed by atoms with E-state index in [2.05, 4.69) is 20.2 Å². The van der Waals surface area contributed by atoms with Crippen LogP contribution in [0.3, 0.4) is 0 Å². The van der Waals surface area contributed by atoms with E-state index in [1.165, 1.54) is 0 Å². The maximum atomic E-state index is 11.7. The summed E-state index contributed by atoms with van der Waals surface area (Å²) in [4.78, 5) is 22.7. The molecule has 27 heavy (non-hydrogen) atoms. The van der Waals surface area contributed by atoms with Crippen LogP contribution in [0, 0.1) is 20.8 Å². The fourth-order valence-corrected chi connectivity index (χ4v) is 3.72. The molecule has 3 aromatic rings. The Bertz CT molecular complexity index is 1050. The summed E-state index contributed by atoms with van der Waals surface area (Å²) in [6.45, 7) is 8.70. The number of hydrogen-bond donors (Lipinski definition) is 0. The molecular formula is C19H22N6O2. The first kappa shape index (κ1) is 17.4. The molecule has 8 nitrogen and oxygen atoms in total. The number of rotatable bonds is 2. The molecule has 0 aliphatic carbocycles. The third kappa shape index (κ3) is 2.81. The van der Waals surface area contributed by atoms with E-state index in [0.29, 0.717) is 24.8 Å². The summed E-state index contributed by atoms with van der Waals surface area (Å²) in [5, 5.41) is 8.65. The molecule has 8 heteroatoms. The van der Waals surface area contributed by atoms with Crippen LogP contribution >= 0.6 is 0 Å². The van der Waals surface area contributed by atoms with Crippen molar-refractivity contribution in [2.45, 2.75) is 40.7 Å². The normalized spacial score (nSPS) is 13.7. The molecule has 140 valence electrons. The molecule has 0 N–H and O–H groups in total. The molecule has 4 heterocycles. The molecule has 0 spiro atoms. The lowest BCUT2D eigenvalue weighted by molar-refractivity contribution is -0.129. The standard InChI is InChI=1S/C19H22N6O2/c1-10-17(15-6-7-25(13(4)26)9-14(15)8-20-10)18-21-19(27-23-18)16-11(2)22-24(5)12(16)3/h8H,6-7,9H2,1-5H3. The summed E-state index contributed by atoms with van der Waals surface area (Å²) in [5.41, 5.74) is 6.65. The van der Waals surface area contributed by atoms with Gasteiger partial charge in [0.15, 0.2) is 0 Å². The van der Waals surface area contributed by atoms with Gasteiger partial charge in [0.25, 0.3) is 5.89 Å². The van der Waals surface area contributed by atoms with Crippen molar-refractivity contribution in [2.75, 3.05) is 6.54 Å². The minimum Gasteiger partial charge on any atom is -0.338 e. The van der Waals surface area contributed by atoms with Gasteiger partial charge < -0.3 is 9.42 Å². The second-order valence-corrected chi connectivity index (χ2v) is 7.01. The van der Waals surface area contributed by atoms with Crippen molar-refractivity contribution in [2.24, 2.45) is 7.05 Å². The van der Waals surface area contributed by atoms with E-state index in [9.17, 15) is 4.79 Å². The fraction of sp³-hybridized carbons (Fsp3) is 0.421. The molecule has 1 amide bonds. The Balaban J connectivity index is 1.78. The molecule has 0 fully saturated rings. The van der Waals surface area contributed by atoms with E-state index < -0.39 is 0 Å². The van der Waals surface area contributed by atoms with E-state index in [1.54, 1.807) is 6.92 Å². The van der Waals surface area contributed by atoms with Gasteiger partial charge in [0.05, 0.1) is 11.3 Å². The first-order chi connectivity index (χ1) is 12.9. The lowest BCUT2D eigenvalue weighted by Crippen LogP contribution is -2.34. The lowest BCUT2D eigenvalue weighted by atomic mass is 9.94. The predicted octanol–water partition coefficient (Wildman–Crippen LogP) is 2.36. The average molecular weight is 366 g/mol. The summed E-state index contributed by atoms with van der Waals surface area (Å²) < 4.78 is 7.39. The SMILES string of the molecule is CC(=O)N1CCc2c(cnc(C)c2-c2noc(-c3c(C)nn(C)c3C)n2)C1. The number of nitrogens with zero attached hydrogens (tertiary/aromatic N) is 6. The van der Waals surface area contributed by atoms with E-state index in [1.807, 2.05) is 43.6 Å². The molecule has 0 radical (unpaired) electrons. The van der Waals surface area contributed by atoms with Gasteiger partial charge in [-0.1, -0.05) is 5.16 Å². The molecule has 4 rings (SSSR count). The Hall–Kier alpha value is -3.03. The van der Waals surface area contributed by atoms with Crippen molar-refractivity contribution in [3.8, 4) is 22.8 Å². The van der Waals surface area contributed by atoms with E-state index in [0.717, 1.165) is 45.8 Å². The van der Waals surface area contributed by atoms with Gasteiger partial charge in [-0.2, -0.15) is 10.1 Å². The number of aromatic nitrogens is 5. The smallest absolute Gasteiger partial charge is 0.261 e. The van der Waals surface area contributed by atoms with Crippen molar-refractivity contribution < 1.29 is 9.32 Å². The average Bonchev–Trinajstić information content (AvgIpc) is 3.19. The first-order valence-electron chi connectivity index (χ1n) is 8.94. The molecule has 0 unspecified atom stereocenters. The third-order valence-electron chi connectivity index (χ3n) is 5.28. The lowest BCUT2D eigenvalue weighted by Gasteiger charge is -2.29. The highest BCUT2D eigenvalue weighted by molar-refractivity contribution is 5.74. The zero-order valence-corrected chi connectivity index (χ0v) is 16.2. The van der Waals surface area contributed by atoms with Crippen LogP contribution in [-0.4, -0.2) is 42.3 Å². The Morgan fingerprint density at radius 2 is 1.96 bits per heavy atom. The van der Waals surface area contributed by atoms with Crippen LogP contribution in [0.4, 0.5) is 0 Å². The number of carbonyl (C=O) groups excluding carboxylic acids is 1. The summed E-state index contributed by atoms with van der Waals surface area (Å²) in [6.07, 6.45) is 2.60. The number of hydrogen-bond acceptors (Lipinski definition) is 6. The van der Waals surface area contributed by atoms with Crippen LogP contribution in [0.5, 0.6) is 0 Å². The van der Waals surface area contributed by atoms with Crippen LogP contribution in [0.1, 0.15) is 35.1 Å².